The van der Waals surface area contributed by atoms with Crippen molar-refractivity contribution in [3.05, 3.63) is 0 Å². The molecule has 0 saturated carbocycles. The van der Waals surface area contributed by atoms with Gasteiger partial charge in [0.2, 0.25) is 5.91 Å². The van der Waals surface area contributed by atoms with Crippen LogP contribution < -0.4 is 5.32 Å². The molecule has 1 unspecified atom stereocenters. The molecule has 0 bridgehead atoms. The molecule has 0 aliphatic carbocycles. The summed E-state index contributed by atoms with van der Waals surface area (Å²) in [6.07, 6.45) is 0.167. The van der Waals surface area contributed by atoms with Crippen molar-refractivity contribution in [1.82, 2.24) is 15.1 Å². The van der Waals surface area contributed by atoms with Crippen molar-refractivity contribution in [3.8, 4) is 0 Å². The van der Waals surface area contributed by atoms with Gasteiger partial charge >= 0.3 is 0 Å². The fourth-order valence-electron chi connectivity index (χ4n) is 1.89. The van der Waals surface area contributed by atoms with E-state index in [4.69, 9.17) is 4.74 Å². The van der Waals surface area contributed by atoms with Crippen LogP contribution >= 0.6 is 0 Å². The third-order valence-electron chi connectivity index (χ3n) is 3.02. The summed E-state index contributed by atoms with van der Waals surface area (Å²) in [6, 6.07) is 0. The maximum absolute atomic E-state index is 11.8. The van der Waals surface area contributed by atoms with Gasteiger partial charge in [0.15, 0.2) is 0 Å². The lowest BCUT2D eigenvalue weighted by Gasteiger charge is -2.32. The lowest BCUT2D eigenvalue weighted by atomic mass is 10.3. The Morgan fingerprint density at radius 2 is 2.00 bits per heavy atom. The largest absolute Gasteiger partial charge is 0.377 e. The Labute approximate surface area is 104 Å². The van der Waals surface area contributed by atoms with Gasteiger partial charge in [0.25, 0.3) is 0 Å². The average molecular weight is 243 g/mol. The van der Waals surface area contributed by atoms with Crippen LogP contribution in [0, 0.1) is 0 Å². The minimum absolute atomic E-state index is 0.167. The Kier molecular flexibility index (Phi) is 6.47. The highest BCUT2D eigenvalue weighted by atomic mass is 16.5. The van der Waals surface area contributed by atoms with Crippen molar-refractivity contribution in [3.63, 3.8) is 0 Å². The van der Waals surface area contributed by atoms with Crippen LogP contribution in [0.5, 0.6) is 0 Å². The zero-order valence-corrected chi connectivity index (χ0v) is 11.2. The van der Waals surface area contributed by atoms with E-state index in [1.54, 1.807) is 0 Å². The third-order valence-corrected chi connectivity index (χ3v) is 3.02. The molecule has 5 heteroatoms. The van der Waals surface area contributed by atoms with E-state index in [1.807, 2.05) is 18.7 Å². The van der Waals surface area contributed by atoms with Gasteiger partial charge in [-0.1, -0.05) is 0 Å². The number of nitrogens with zero attached hydrogens (tertiary/aromatic N) is 2. The molecule has 1 amide bonds. The van der Waals surface area contributed by atoms with Crippen LogP contribution in [0.15, 0.2) is 0 Å². The molecular formula is C12H25N3O2. The topological polar surface area (TPSA) is 44.8 Å². The highest BCUT2D eigenvalue weighted by molar-refractivity contribution is 5.78. The van der Waals surface area contributed by atoms with Crippen LogP contribution in [0.4, 0.5) is 0 Å². The Bertz CT molecular complexity index is 228. The summed E-state index contributed by atoms with van der Waals surface area (Å²) in [5.41, 5.74) is 0. The van der Waals surface area contributed by atoms with Crippen LogP contribution in [0.2, 0.25) is 0 Å². The summed E-state index contributed by atoms with van der Waals surface area (Å²) in [5, 5.41) is 3.15. The zero-order valence-electron chi connectivity index (χ0n) is 11.2. The summed E-state index contributed by atoms with van der Waals surface area (Å²) >= 11 is 0. The van der Waals surface area contributed by atoms with Crippen molar-refractivity contribution in [2.45, 2.75) is 20.0 Å². The molecule has 1 rings (SSSR count). The number of ether oxygens (including phenoxy) is 1. The number of carbonyl (C=O) groups is 1. The quantitative estimate of drug-likeness (QED) is 0.700. The van der Waals surface area contributed by atoms with E-state index in [-0.39, 0.29) is 12.0 Å². The number of hydrogen-bond acceptors (Lipinski definition) is 4. The molecule has 0 aromatic heterocycles. The number of piperazine rings is 1. The minimum Gasteiger partial charge on any atom is -0.377 e. The fourth-order valence-corrected chi connectivity index (χ4v) is 1.89. The van der Waals surface area contributed by atoms with Gasteiger partial charge in [-0.25, -0.2) is 0 Å². The van der Waals surface area contributed by atoms with Gasteiger partial charge in [-0.15, -0.1) is 0 Å². The van der Waals surface area contributed by atoms with Gasteiger partial charge in [-0.2, -0.15) is 0 Å². The lowest BCUT2D eigenvalue weighted by molar-refractivity contribution is -0.131. The smallest absolute Gasteiger partial charge is 0.236 e. The fraction of sp³-hybridized carbons (Fsp3) is 0.917. The van der Waals surface area contributed by atoms with E-state index in [0.717, 1.165) is 39.3 Å². The normalized spacial score (nSPS) is 19.4. The molecule has 1 N–H and O–H groups in total. The monoisotopic (exact) mass is 243 g/mol. The molecule has 1 atom stereocenters. The minimum atomic E-state index is 0.167. The van der Waals surface area contributed by atoms with Crippen LogP contribution in [0.3, 0.4) is 0 Å². The molecule has 1 aliphatic rings. The average Bonchev–Trinajstić information content (AvgIpc) is 2.30. The lowest BCUT2D eigenvalue weighted by Crippen LogP contribution is -2.50. The Balaban J connectivity index is 2.12. The highest BCUT2D eigenvalue weighted by Gasteiger charge is 2.18. The number of nitrogens with one attached hydrogen (secondary N) is 1. The zero-order chi connectivity index (χ0) is 12.7. The van der Waals surface area contributed by atoms with Gasteiger partial charge in [0, 0.05) is 39.3 Å². The number of rotatable bonds is 6. The first-order valence-electron chi connectivity index (χ1n) is 6.42. The van der Waals surface area contributed by atoms with Crippen LogP contribution in [-0.4, -0.2) is 74.7 Å². The van der Waals surface area contributed by atoms with Crippen molar-refractivity contribution in [1.29, 1.82) is 0 Å². The first kappa shape index (κ1) is 14.4. The van der Waals surface area contributed by atoms with Crippen molar-refractivity contribution < 1.29 is 9.53 Å². The molecule has 17 heavy (non-hydrogen) atoms. The molecule has 0 aromatic rings. The predicted molar refractivity (Wildman–Crippen MR) is 68.0 cm³/mol. The molecule has 1 saturated heterocycles. The van der Waals surface area contributed by atoms with E-state index in [0.29, 0.717) is 6.54 Å². The SMILES string of the molecule is CCOC(C)CNCC(=O)N1CCN(C)CC1. The van der Waals surface area contributed by atoms with Gasteiger partial charge in [-0.3, -0.25) is 4.79 Å². The first-order chi connectivity index (χ1) is 8.13. The highest BCUT2D eigenvalue weighted by Crippen LogP contribution is 1.99. The van der Waals surface area contributed by atoms with E-state index in [9.17, 15) is 4.79 Å². The number of carbonyl (C=O) groups excluding carboxylic acids is 1. The molecule has 100 valence electrons. The predicted octanol–water partition coefficient (Wildman–Crippen LogP) is -0.225. The standard InChI is InChI=1S/C12H25N3O2/c1-4-17-11(2)9-13-10-12(16)15-7-5-14(3)6-8-15/h11,13H,4-10H2,1-3H3. The molecule has 1 heterocycles. The Hall–Kier alpha value is -0.650. The van der Waals surface area contributed by atoms with E-state index in [2.05, 4.69) is 17.3 Å². The third kappa shape index (κ3) is 5.48. The van der Waals surface area contributed by atoms with E-state index < -0.39 is 0 Å². The Morgan fingerprint density at radius 1 is 1.35 bits per heavy atom. The molecule has 0 aromatic carbocycles. The second-order valence-electron chi connectivity index (χ2n) is 4.58. The number of hydrogen-bond donors (Lipinski definition) is 1. The van der Waals surface area contributed by atoms with Crippen LogP contribution in [0.1, 0.15) is 13.8 Å². The molecule has 5 nitrogen and oxygen atoms in total. The summed E-state index contributed by atoms with van der Waals surface area (Å²) in [7, 11) is 2.09. The molecular weight excluding hydrogens is 218 g/mol. The van der Waals surface area contributed by atoms with Gasteiger partial charge in [0.05, 0.1) is 12.6 Å². The maximum Gasteiger partial charge on any atom is 0.236 e. The van der Waals surface area contributed by atoms with Gasteiger partial charge < -0.3 is 19.9 Å². The summed E-state index contributed by atoms with van der Waals surface area (Å²) in [4.78, 5) is 16.0. The molecule has 0 spiro atoms. The van der Waals surface area contributed by atoms with Gasteiger partial charge in [0.1, 0.15) is 0 Å². The summed E-state index contributed by atoms with van der Waals surface area (Å²) in [6.45, 7) is 9.49. The molecule has 1 fully saturated rings. The van der Waals surface area contributed by atoms with Crippen molar-refractivity contribution in [2.75, 3.05) is 52.9 Å². The molecule has 0 radical (unpaired) electrons. The first-order valence-corrected chi connectivity index (χ1v) is 6.42. The van der Waals surface area contributed by atoms with Crippen LogP contribution in [-0.2, 0) is 9.53 Å². The summed E-state index contributed by atoms with van der Waals surface area (Å²) in [5.74, 6) is 0.196. The van der Waals surface area contributed by atoms with Gasteiger partial charge in [-0.05, 0) is 20.9 Å². The van der Waals surface area contributed by atoms with Crippen LogP contribution in [0.25, 0.3) is 0 Å². The number of amides is 1. The second-order valence-corrected chi connectivity index (χ2v) is 4.58. The molecule has 1 aliphatic heterocycles. The summed E-state index contributed by atoms with van der Waals surface area (Å²) < 4.78 is 5.39. The maximum atomic E-state index is 11.8. The van der Waals surface area contributed by atoms with Crippen molar-refractivity contribution >= 4 is 5.91 Å². The van der Waals surface area contributed by atoms with E-state index >= 15 is 0 Å². The number of likely N-dealkylation sites (N-methyl/N-ethyl adjacent to an activating group) is 1. The van der Waals surface area contributed by atoms with E-state index in [1.165, 1.54) is 0 Å². The Morgan fingerprint density at radius 3 is 2.59 bits per heavy atom. The second kappa shape index (κ2) is 7.63. The van der Waals surface area contributed by atoms with Crippen molar-refractivity contribution in [2.24, 2.45) is 0 Å².